The molecule has 7 nitrogen and oxygen atoms in total. The van der Waals surface area contributed by atoms with Gasteiger partial charge in [-0.05, 0) is 49.8 Å². The van der Waals surface area contributed by atoms with Crippen LogP contribution >= 0.6 is 12.2 Å². The first-order valence-electron chi connectivity index (χ1n) is 11.0. The molecule has 0 fully saturated rings. The molecule has 2 aromatic carbocycles. The number of nitrogens with one attached hydrogen (secondary N) is 2. The molecule has 5 aromatic rings. The van der Waals surface area contributed by atoms with Crippen molar-refractivity contribution in [2.45, 2.75) is 26.8 Å². The first-order valence-corrected chi connectivity index (χ1v) is 11.5. The number of rotatable bonds is 6. The van der Waals surface area contributed by atoms with Gasteiger partial charge in [-0.15, -0.1) is 0 Å². The molecule has 0 aliphatic rings. The Bertz CT molecular complexity index is 1530. The van der Waals surface area contributed by atoms with Crippen molar-refractivity contribution in [3.8, 4) is 22.6 Å². The minimum Gasteiger partial charge on any atom is -0.326 e. The van der Waals surface area contributed by atoms with Gasteiger partial charge < -0.3 is 9.72 Å². The third kappa shape index (κ3) is 4.40. The summed E-state index contributed by atoms with van der Waals surface area (Å²) in [6.45, 7) is 4.52. The molecule has 0 atom stereocenters. The fraction of sp³-hybridized carbons (Fsp3) is 0.154. The van der Waals surface area contributed by atoms with E-state index in [0.29, 0.717) is 11.3 Å². The van der Waals surface area contributed by atoms with Crippen molar-refractivity contribution in [3.05, 3.63) is 89.0 Å². The highest BCUT2D eigenvalue weighted by molar-refractivity contribution is 7.71. The maximum absolute atomic E-state index is 12.6. The lowest BCUT2D eigenvalue weighted by Crippen LogP contribution is -2.15. The first kappa shape index (κ1) is 21.8. The van der Waals surface area contributed by atoms with Crippen molar-refractivity contribution < 1.29 is 4.79 Å². The molecular weight excluding hydrogens is 444 g/mol. The summed E-state index contributed by atoms with van der Waals surface area (Å²) >= 11 is 5.38. The fourth-order valence-corrected chi connectivity index (χ4v) is 4.13. The molecule has 34 heavy (non-hydrogen) atoms. The number of aromatic nitrogens is 5. The van der Waals surface area contributed by atoms with Gasteiger partial charge in [-0.2, -0.15) is 5.10 Å². The van der Waals surface area contributed by atoms with Crippen molar-refractivity contribution in [2.75, 3.05) is 5.32 Å². The lowest BCUT2D eigenvalue weighted by molar-refractivity contribution is -0.116. The van der Waals surface area contributed by atoms with E-state index in [0.717, 1.165) is 39.5 Å². The molecule has 170 valence electrons. The van der Waals surface area contributed by atoms with Gasteiger partial charge in [-0.25, -0.2) is 4.98 Å². The maximum atomic E-state index is 12.6. The number of benzene rings is 2. The van der Waals surface area contributed by atoms with E-state index in [4.69, 9.17) is 17.2 Å². The molecule has 0 radical (unpaired) electrons. The Morgan fingerprint density at radius 2 is 1.76 bits per heavy atom. The highest BCUT2D eigenvalue weighted by atomic mass is 32.1. The normalized spacial score (nSPS) is 11.1. The molecule has 0 saturated heterocycles. The quantitative estimate of drug-likeness (QED) is 0.319. The summed E-state index contributed by atoms with van der Waals surface area (Å²) in [5, 5.41) is 10.1. The van der Waals surface area contributed by atoms with Crippen molar-refractivity contribution >= 4 is 29.5 Å². The van der Waals surface area contributed by atoms with Gasteiger partial charge in [0.05, 0.1) is 5.69 Å². The molecule has 0 saturated carbocycles. The van der Waals surface area contributed by atoms with Crippen molar-refractivity contribution in [3.63, 3.8) is 0 Å². The molecule has 3 aromatic heterocycles. The summed E-state index contributed by atoms with van der Waals surface area (Å²) in [7, 11) is 0. The van der Waals surface area contributed by atoms with Gasteiger partial charge in [0.15, 0.2) is 10.6 Å². The molecule has 0 bridgehead atoms. The SMILES string of the molecule is Cc1ccc(-c2n[nH]c(=S)n2CCC(=O)Nc2ccc(-c3cn4cccc(C)c4n3)cc2)cc1. The van der Waals surface area contributed by atoms with E-state index in [1.54, 1.807) is 0 Å². The van der Waals surface area contributed by atoms with E-state index in [2.05, 4.69) is 15.5 Å². The monoisotopic (exact) mass is 468 g/mol. The number of carbonyl (C=O) groups is 1. The molecule has 2 N–H and O–H groups in total. The number of H-pyrrole nitrogens is 1. The van der Waals surface area contributed by atoms with Gasteiger partial charge in [0.25, 0.3) is 0 Å². The zero-order chi connectivity index (χ0) is 23.7. The van der Waals surface area contributed by atoms with E-state index in [1.807, 2.05) is 95.9 Å². The van der Waals surface area contributed by atoms with Crippen LogP contribution in [0.3, 0.4) is 0 Å². The molecule has 0 aliphatic heterocycles. The van der Waals surface area contributed by atoms with Crippen LogP contribution in [0.1, 0.15) is 17.5 Å². The second kappa shape index (κ2) is 9.07. The number of aromatic amines is 1. The zero-order valence-electron chi connectivity index (χ0n) is 18.9. The summed E-state index contributed by atoms with van der Waals surface area (Å²) in [5.41, 5.74) is 6.82. The first-order chi connectivity index (χ1) is 16.5. The van der Waals surface area contributed by atoms with Crippen LogP contribution in [0.2, 0.25) is 0 Å². The number of aryl methyl sites for hydroxylation is 2. The standard InChI is InChI=1S/C26H24N6OS/c1-17-5-7-20(8-6-17)25-29-30-26(34)32(25)15-13-23(33)27-21-11-9-19(10-12-21)22-16-31-14-3-4-18(2)24(31)28-22/h3-12,14,16H,13,15H2,1-2H3,(H,27,33)(H,30,34). The van der Waals surface area contributed by atoms with Crippen molar-refractivity contribution in [1.29, 1.82) is 0 Å². The van der Waals surface area contributed by atoms with Crippen LogP contribution in [0.5, 0.6) is 0 Å². The van der Waals surface area contributed by atoms with Crippen LogP contribution in [-0.2, 0) is 11.3 Å². The smallest absolute Gasteiger partial charge is 0.226 e. The van der Waals surface area contributed by atoms with E-state index in [-0.39, 0.29) is 12.3 Å². The molecule has 0 aliphatic carbocycles. The Hall–Kier alpha value is -4.04. The average Bonchev–Trinajstić information content (AvgIpc) is 3.43. The Morgan fingerprint density at radius 1 is 1.03 bits per heavy atom. The predicted molar refractivity (Wildman–Crippen MR) is 136 cm³/mol. The van der Waals surface area contributed by atoms with Gasteiger partial charge in [-0.3, -0.25) is 14.5 Å². The number of imidazole rings is 1. The molecule has 3 heterocycles. The minimum atomic E-state index is -0.0888. The summed E-state index contributed by atoms with van der Waals surface area (Å²) in [6.07, 6.45) is 4.28. The summed E-state index contributed by atoms with van der Waals surface area (Å²) in [4.78, 5) is 17.3. The number of nitrogens with zero attached hydrogens (tertiary/aromatic N) is 4. The third-order valence-corrected chi connectivity index (χ3v) is 6.08. The molecular formula is C26H24N6OS. The highest BCUT2D eigenvalue weighted by Crippen LogP contribution is 2.23. The summed E-state index contributed by atoms with van der Waals surface area (Å²) < 4.78 is 4.37. The average molecular weight is 469 g/mol. The number of pyridine rings is 1. The Balaban J connectivity index is 1.25. The largest absolute Gasteiger partial charge is 0.326 e. The van der Waals surface area contributed by atoms with Crippen LogP contribution in [0.25, 0.3) is 28.3 Å². The van der Waals surface area contributed by atoms with Crippen LogP contribution in [-0.4, -0.2) is 30.1 Å². The molecule has 0 unspecified atom stereocenters. The number of hydrogen-bond acceptors (Lipinski definition) is 4. The topological polar surface area (TPSA) is 80.0 Å². The van der Waals surface area contributed by atoms with Crippen LogP contribution in [0.4, 0.5) is 5.69 Å². The Labute approximate surface area is 202 Å². The van der Waals surface area contributed by atoms with Gasteiger partial charge in [0.1, 0.15) is 5.65 Å². The highest BCUT2D eigenvalue weighted by Gasteiger charge is 2.11. The lowest BCUT2D eigenvalue weighted by Gasteiger charge is -2.09. The van der Waals surface area contributed by atoms with E-state index in [1.165, 1.54) is 5.56 Å². The van der Waals surface area contributed by atoms with Crippen LogP contribution in [0, 0.1) is 18.6 Å². The van der Waals surface area contributed by atoms with E-state index < -0.39 is 0 Å². The van der Waals surface area contributed by atoms with Gasteiger partial charge >= 0.3 is 0 Å². The van der Waals surface area contributed by atoms with Crippen LogP contribution < -0.4 is 5.32 Å². The maximum Gasteiger partial charge on any atom is 0.226 e. The van der Waals surface area contributed by atoms with Crippen molar-refractivity contribution in [2.24, 2.45) is 0 Å². The number of hydrogen-bond donors (Lipinski definition) is 2. The number of fused-ring (bicyclic) bond motifs is 1. The minimum absolute atomic E-state index is 0.0888. The van der Waals surface area contributed by atoms with E-state index in [9.17, 15) is 4.79 Å². The number of carbonyl (C=O) groups excluding carboxylic acids is 1. The van der Waals surface area contributed by atoms with Crippen LogP contribution in [0.15, 0.2) is 73.1 Å². The van der Waals surface area contributed by atoms with Gasteiger partial charge in [-0.1, -0.05) is 48.0 Å². The molecule has 8 heteroatoms. The predicted octanol–water partition coefficient (Wildman–Crippen LogP) is 5.57. The van der Waals surface area contributed by atoms with E-state index >= 15 is 0 Å². The zero-order valence-corrected chi connectivity index (χ0v) is 19.8. The second-order valence-electron chi connectivity index (χ2n) is 8.29. The van der Waals surface area contributed by atoms with Gasteiger partial charge in [0, 0.05) is 42.2 Å². The Kier molecular flexibility index (Phi) is 5.81. The summed E-state index contributed by atoms with van der Waals surface area (Å²) in [5.74, 6) is 0.638. The number of amides is 1. The Morgan fingerprint density at radius 3 is 2.50 bits per heavy atom. The molecule has 1 amide bonds. The third-order valence-electron chi connectivity index (χ3n) is 5.77. The fourth-order valence-electron chi connectivity index (χ4n) is 3.90. The molecule has 5 rings (SSSR count). The summed E-state index contributed by atoms with van der Waals surface area (Å²) in [6, 6.07) is 19.8. The number of anilines is 1. The molecule has 0 spiro atoms. The van der Waals surface area contributed by atoms with Crippen molar-refractivity contribution in [1.82, 2.24) is 24.1 Å². The second-order valence-corrected chi connectivity index (χ2v) is 8.68. The van der Waals surface area contributed by atoms with Gasteiger partial charge in [0.2, 0.25) is 5.91 Å². The lowest BCUT2D eigenvalue weighted by atomic mass is 10.1.